The molecular formula is C12H16N4O2. The highest BCUT2D eigenvalue weighted by molar-refractivity contribution is 5.56. The van der Waals surface area contributed by atoms with Crippen molar-refractivity contribution in [1.82, 2.24) is 19.7 Å². The van der Waals surface area contributed by atoms with Crippen molar-refractivity contribution in [1.29, 1.82) is 0 Å². The van der Waals surface area contributed by atoms with Crippen LogP contribution >= 0.6 is 0 Å². The molecule has 0 radical (unpaired) electrons. The molecule has 18 heavy (non-hydrogen) atoms. The molecule has 2 heterocycles. The molecule has 0 aliphatic carbocycles. The zero-order valence-corrected chi connectivity index (χ0v) is 10.5. The largest absolute Gasteiger partial charge is 0.381 e. The van der Waals surface area contributed by atoms with Crippen LogP contribution in [0.5, 0.6) is 0 Å². The summed E-state index contributed by atoms with van der Waals surface area (Å²) >= 11 is 0. The van der Waals surface area contributed by atoms with Crippen molar-refractivity contribution >= 4 is 0 Å². The average Bonchev–Trinajstić information content (AvgIpc) is 2.76. The van der Waals surface area contributed by atoms with E-state index in [-0.39, 0.29) is 5.56 Å². The van der Waals surface area contributed by atoms with Gasteiger partial charge in [-0.2, -0.15) is 5.10 Å². The van der Waals surface area contributed by atoms with Gasteiger partial charge in [0.1, 0.15) is 5.82 Å². The molecule has 0 aromatic carbocycles. The highest BCUT2D eigenvalue weighted by Gasteiger charge is 2.05. The fraction of sp³-hybridized carbons (Fsp3) is 0.417. The second-order valence-electron chi connectivity index (χ2n) is 3.93. The summed E-state index contributed by atoms with van der Waals surface area (Å²) in [6.07, 6.45) is 4.11. The van der Waals surface area contributed by atoms with Gasteiger partial charge in [0, 0.05) is 37.9 Å². The van der Waals surface area contributed by atoms with Crippen molar-refractivity contribution in [2.45, 2.75) is 13.3 Å². The minimum absolute atomic E-state index is 0.157. The van der Waals surface area contributed by atoms with Gasteiger partial charge < -0.3 is 9.72 Å². The second kappa shape index (κ2) is 5.59. The molecule has 2 rings (SSSR count). The predicted octanol–water partition coefficient (Wildman–Crippen LogP) is 0.749. The number of rotatable bonds is 5. The van der Waals surface area contributed by atoms with E-state index in [0.717, 1.165) is 5.56 Å². The van der Waals surface area contributed by atoms with Gasteiger partial charge in [-0.1, -0.05) is 0 Å². The fourth-order valence-corrected chi connectivity index (χ4v) is 1.64. The Morgan fingerprint density at radius 1 is 1.50 bits per heavy atom. The molecule has 2 aromatic heterocycles. The van der Waals surface area contributed by atoms with Crippen LogP contribution in [-0.4, -0.2) is 33.0 Å². The van der Waals surface area contributed by atoms with Gasteiger partial charge in [-0.3, -0.25) is 9.48 Å². The minimum atomic E-state index is -0.157. The molecule has 0 saturated carbocycles. The van der Waals surface area contributed by atoms with Gasteiger partial charge in [0.25, 0.3) is 5.56 Å². The molecule has 0 atom stereocenters. The van der Waals surface area contributed by atoms with Crippen LogP contribution in [0.15, 0.2) is 23.3 Å². The van der Waals surface area contributed by atoms with E-state index in [1.807, 2.05) is 20.2 Å². The van der Waals surface area contributed by atoms with Crippen LogP contribution in [0.2, 0.25) is 0 Å². The number of nitrogens with one attached hydrogen (secondary N) is 1. The average molecular weight is 248 g/mol. The van der Waals surface area contributed by atoms with Crippen LogP contribution in [0.25, 0.3) is 11.3 Å². The molecule has 6 heteroatoms. The van der Waals surface area contributed by atoms with Gasteiger partial charge in [-0.25, -0.2) is 4.98 Å². The molecular weight excluding hydrogens is 232 g/mol. The first-order valence-corrected chi connectivity index (χ1v) is 5.86. The molecule has 0 aliphatic heterocycles. The third kappa shape index (κ3) is 3.04. The van der Waals surface area contributed by atoms with E-state index in [1.54, 1.807) is 10.9 Å². The van der Waals surface area contributed by atoms with Crippen LogP contribution in [0.1, 0.15) is 12.7 Å². The summed E-state index contributed by atoms with van der Waals surface area (Å²) in [5.41, 5.74) is 1.31. The number of aromatic nitrogens is 4. The van der Waals surface area contributed by atoms with E-state index >= 15 is 0 Å². The lowest BCUT2D eigenvalue weighted by atomic mass is 10.2. The summed E-state index contributed by atoms with van der Waals surface area (Å²) in [5.74, 6) is 0.634. The Hall–Kier alpha value is -1.95. The van der Waals surface area contributed by atoms with Gasteiger partial charge in [0.15, 0.2) is 0 Å². The minimum Gasteiger partial charge on any atom is -0.381 e. The fourth-order valence-electron chi connectivity index (χ4n) is 1.64. The monoisotopic (exact) mass is 248 g/mol. The van der Waals surface area contributed by atoms with E-state index in [1.165, 1.54) is 6.07 Å². The van der Waals surface area contributed by atoms with Gasteiger partial charge in [0.05, 0.1) is 18.5 Å². The van der Waals surface area contributed by atoms with Crippen LogP contribution in [0, 0.1) is 0 Å². The smallest absolute Gasteiger partial charge is 0.251 e. The third-order valence-electron chi connectivity index (χ3n) is 2.48. The molecule has 1 N–H and O–H groups in total. The van der Waals surface area contributed by atoms with Crippen molar-refractivity contribution < 1.29 is 4.74 Å². The molecule has 0 fully saturated rings. The summed E-state index contributed by atoms with van der Waals surface area (Å²) in [6, 6.07) is 1.47. The molecule has 0 unspecified atom stereocenters. The molecule has 0 aliphatic rings. The van der Waals surface area contributed by atoms with Crippen molar-refractivity contribution in [2.24, 2.45) is 7.05 Å². The molecule has 6 nitrogen and oxygen atoms in total. The number of aromatic amines is 1. The highest BCUT2D eigenvalue weighted by Crippen LogP contribution is 2.13. The molecule has 0 bridgehead atoms. The highest BCUT2D eigenvalue weighted by atomic mass is 16.5. The lowest BCUT2D eigenvalue weighted by Gasteiger charge is -2.03. The van der Waals surface area contributed by atoms with Crippen molar-refractivity contribution in [3.8, 4) is 11.3 Å². The Morgan fingerprint density at radius 2 is 2.33 bits per heavy atom. The predicted molar refractivity (Wildman–Crippen MR) is 67.3 cm³/mol. The van der Waals surface area contributed by atoms with E-state index in [2.05, 4.69) is 15.1 Å². The quantitative estimate of drug-likeness (QED) is 0.792. The van der Waals surface area contributed by atoms with Crippen molar-refractivity contribution in [3.63, 3.8) is 0 Å². The lowest BCUT2D eigenvalue weighted by Crippen LogP contribution is -2.13. The Kier molecular flexibility index (Phi) is 3.88. The lowest BCUT2D eigenvalue weighted by molar-refractivity contribution is 0.149. The van der Waals surface area contributed by atoms with E-state index in [9.17, 15) is 4.79 Å². The Bertz CT molecular complexity index is 573. The summed E-state index contributed by atoms with van der Waals surface area (Å²) in [7, 11) is 1.83. The second-order valence-corrected chi connectivity index (χ2v) is 3.93. The van der Waals surface area contributed by atoms with Crippen LogP contribution in [0.3, 0.4) is 0 Å². The zero-order chi connectivity index (χ0) is 13.0. The summed E-state index contributed by atoms with van der Waals surface area (Å²) in [6.45, 7) is 3.14. The first-order chi connectivity index (χ1) is 8.69. The van der Waals surface area contributed by atoms with Crippen molar-refractivity contribution in [3.05, 3.63) is 34.6 Å². The van der Waals surface area contributed by atoms with Crippen LogP contribution in [0.4, 0.5) is 0 Å². The van der Waals surface area contributed by atoms with Gasteiger partial charge in [0.2, 0.25) is 0 Å². The SMILES string of the molecule is CCOCCc1nc(-c2cnn(C)c2)cc(=O)[nH]1. The maximum absolute atomic E-state index is 11.6. The van der Waals surface area contributed by atoms with Crippen LogP contribution in [-0.2, 0) is 18.2 Å². The van der Waals surface area contributed by atoms with Gasteiger partial charge in [-0.05, 0) is 6.92 Å². The zero-order valence-electron chi connectivity index (χ0n) is 10.5. The molecule has 0 saturated heterocycles. The van der Waals surface area contributed by atoms with Crippen molar-refractivity contribution in [2.75, 3.05) is 13.2 Å². The van der Waals surface area contributed by atoms with Crippen LogP contribution < -0.4 is 5.56 Å². The number of hydrogen-bond acceptors (Lipinski definition) is 4. The molecule has 2 aromatic rings. The van der Waals surface area contributed by atoms with E-state index in [0.29, 0.717) is 31.2 Å². The third-order valence-corrected chi connectivity index (χ3v) is 2.48. The molecule has 0 spiro atoms. The summed E-state index contributed by atoms with van der Waals surface area (Å²) in [5, 5.41) is 4.07. The summed E-state index contributed by atoms with van der Waals surface area (Å²) in [4.78, 5) is 18.7. The van der Waals surface area contributed by atoms with Gasteiger partial charge >= 0.3 is 0 Å². The van der Waals surface area contributed by atoms with E-state index < -0.39 is 0 Å². The van der Waals surface area contributed by atoms with Gasteiger partial charge in [-0.15, -0.1) is 0 Å². The Labute approximate surface area is 105 Å². The maximum Gasteiger partial charge on any atom is 0.251 e. The normalized spacial score (nSPS) is 10.8. The first kappa shape index (κ1) is 12.5. The summed E-state index contributed by atoms with van der Waals surface area (Å²) < 4.78 is 6.93. The van der Waals surface area contributed by atoms with E-state index in [4.69, 9.17) is 4.74 Å². The standard InChI is InChI=1S/C12H16N4O2/c1-3-18-5-4-11-14-10(6-12(17)15-11)9-7-13-16(2)8-9/h6-8H,3-5H2,1-2H3,(H,14,15,17). The Balaban J connectivity index is 2.24. The first-order valence-electron chi connectivity index (χ1n) is 5.86. The maximum atomic E-state index is 11.6. The number of ether oxygens (including phenoxy) is 1. The number of nitrogens with zero attached hydrogens (tertiary/aromatic N) is 3. The molecule has 96 valence electrons. The Morgan fingerprint density at radius 3 is 3.00 bits per heavy atom. The number of aryl methyl sites for hydroxylation is 1. The molecule has 0 amide bonds. The number of hydrogen-bond donors (Lipinski definition) is 1. The topological polar surface area (TPSA) is 72.8 Å². The number of H-pyrrole nitrogens is 1.